The zero-order chi connectivity index (χ0) is 20.8. The Morgan fingerprint density at radius 2 is 2.03 bits per heavy atom. The predicted molar refractivity (Wildman–Crippen MR) is 111 cm³/mol. The fraction of sp³-hybridized carbons (Fsp3) is 0.273. The van der Waals surface area contributed by atoms with Crippen molar-refractivity contribution >= 4 is 17.5 Å². The maximum absolute atomic E-state index is 13.3. The van der Waals surface area contributed by atoms with E-state index in [1.54, 1.807) is 30.6 Å². The Bertz CT molecular complexity index is 972. The molecule has 7 heteroatoms. The predicted octanol–water partition coefficient (Wildman–Crippen LogP) is 4.59. The lowest BCUT2D eigenvalue weighted by atomic mass is 10.1. The number of hydrogen-bond donors (Lipinski definition) is 1. The van der Waals surface area contributed by atoms with Crippen LogP contribution in [0, 0.1) is 12.7 Å². The van der Waals surface area contributed by atoms with E-state index in [4.69, 9.17) is 16.3 Å². The number of carbonyl (C=O) groups is 1. The number of aromatic nitrogens is 2. The van der Waals surface area contributed by atoms with Crippen molar-refractivity contribution in [3.05, 3.63) is 82.6 Å². The summed E-state index contributed by atoms with van der Waals surface area (Å²) in [5.41, 5.74) is 1.72. The molecule has 2 aromatic carbocycles. The van der Waals surface area contributed by atoms with Crippen LogP contribution in [0.5, 0.6) is 5.75 Å². The zero-order valence-corrected chi connectivity index (χ0v) is 17.1. The van der Waals surface area contributed by atoms with Crippen LogP contribution in [0.1, 0.15) is 35.8 Å². The number of nitrogens with one attached hydrogen (secondary N) is 1. The molecular weight excluding hydrogens is 393 g/mol. The van der Waals surface area contributed by atoms with E-state index in [-0.39, 0.29) is 11.7 Å². The van der Waals surface area contributed by atoms with Gasteiger partial charge in [0.05, 0.1) is 6.61 Å². The fourth-order valence-corrected chi connectivity index (χ4v) is 3.26. The minimum atomic E-state index is -0.456. The number of nitrogens with zero attached hydrogens (tertiary/aromatic N) is 2. The number of ether oxygens (including phenoxy) is 1. The first-order chi connectivity index (χ1) is 13.9. The maximum atomic E-state index is 13.3. The van der Waals surface area contributed by atoms with Gasteiger partial charge in [-0.2, -0.15) is 0 Å². The maximum Gasteiger partial charge on any atom is 0.220 e. The Morgan fingerprint density at radius 1 is 1.28 bits per heavy atom. The average molecular weight is 416 g/mol. The second kappa shape index (κ2) is 9.56. The molecule has 3 rings (SSSR count). The SMILES string of the molecule is Cc1cc(Cl)ccc1OCCCC(=O)NC(c1ccc(F)cc1)c1nccn1C. The van der Waals surface area contributed by atoms with E-state index in [0.717, 1.165) is 16.9 Å². The van der Waals surface area contributed by atoms with Crippen molar-refractivity contribution < 1.29 is 13.9 Å². The molecule has 1 N–H and O–H groups in total. The van der Waals surface area contributed by atoms with Gasteiger partial charge < -0.3 is 14.6 Å². The first-order valence-electron chi connectivity index (χ1n) is 9.35. The van der Waals surface area contributed by atoms with Crippen LogP contribution in [0.25, 0.3) is 0 Å². The van der Waals surface area contributed by atoms with Crippen LogP contribution in [-0.4, -0.2) is 22.1 Å². The highest BCUT2D eigenvalue weighted by Gasteiger charge is 2.20. The number of carbonyl (C=O) groups excluding carboxylic acids is 1. The van der Waals surface area contributed by atoms with Gasteiger partial charge >= 0.3 is 0 Å². The lowest BCUT2D eigenvalue weighted by Crippen LogP contribution is -2.31. The number of rotatable bonds is 8. The summed E-state index contributed by atoms with van der Waals surface area (Å²) in [5.74, 6) is 0.983. The summed E-state index contributed by atoms with van der Waals surface area (Å²) < 4.78 is 20.9. The molecule has 1 unspecified atom stereocenters. The van der Waals surface area contributed by atoms with Gasteiger partial charge in [-0.15, -0.1) is 0 Å². The van der Waals surface area contributed by atoms with E-state index in [2.05, 4.69) is 10.3 Å². The summed E-state index contributed by atoms with van der Waals surface area (Å²) in [5, 5.41) is 3.66. The van der Waals surface area contributed by atoms with E-state index in [0.29, 0.717) is 30.3 Å². The molecule has 0 bridgehead atoms. The zero-order valence-electron chi connectivity index (χ0n) is 16.4. The van der Waals surface area contributed by atoms with Gasteiger partial charge in [0.2, 0.25) is 5.91 Å². The normalized spacial score (nSPS) is 11.9. The van der Waals surface area contributed by atoms with Crippen molar-refractivity contribution in [2.24, 2.45) is 7.05 Å². The molecule has 0 saturated carbocycles. The van der Waals surface area contributed by atoms with Crippen LogP contribution in [0.2, 0.25) is 5.02 Å². The second-order valence-corrected chi connectivity index (χ2v) is 7.25. The lowest BCUT2D eigenvalue weighted by molar-refractivity contribution is -0.121. The minimum Gasteiger partial charge on any atom is -0.493 e. The summed E-state index contributed by atoms with van der Waals surface area (Å²) in [6.07, 6.45) is 4.33. The molecule has 0 fully saturated rings. The summed E-state index contributed by atoms with van der Waals surface area (Å²) in [7, 11) is 1.85. The molecule has 5 nitrogen and oxygen atoms in total. The average Bonchev–Trinajstić information content (AvgIpc) is 3.11. The van der Waals surface area contributed by atoms with Gasteiger partial charge in [-0.05, 0) is 54.8 Å². The van der Waals surface area contributed by atoms with Crippen LogP contribution in [0.15, 0.2) is 54.9 Å². The second-order valence-electron chi connectivity index (χ2n) is 6.81. The largest absolute Gasteiger partial charge is 0.493 e. The molecule has 29 heavy (non-hydrogen) atoms. The summed E-state index contributed by atoms with van der Waals surface area (Å²) in [6.45, 7) is 2.34. The Balaban J connectivity index is 1.58. The van der Waals surface area contributed by atoms with Crippen LogP contribution in [0.4, 0.5) is 4.39 Å². The van der Waals surface area contributed by atoms with E-state index in [1.807, 2.05) is 30.7 Å². The smallest absolute Gasteiger partial charge is 0.220 e. The number of hydrogen-bond acceptors (Lipinski definition) is 3. The molecule has 0 radical (unpaired) electrons. The molecule has 0 spiro atoms. The molecular formula is C22H23ClFN3O2. The van der Waals surface area contributed by atoms with Crippen molar-refractivity contribution in [3.8, 4) is 5.75 Å². The molecule has 1 atom stereocenters. The molecule has 1 aromatic heterocycles. The van der Waals surface area contributed by atoms with Gasteiger partial charge in [-0.1, -0.05) is 23.7 Å². The lowest BCUT2D eigenvalue weighted by Gasteiger charge is -2.19. The first-order valence-corrected chi connectivity index (χ1v) is 9.73. The minimum absolute atomic E-state index is 0.126. The Labute approximate surface area is 174 Å². The molecule has 1 heterocycles. The third-order valence-electron chi connectivity index (χ3n) is 4.57. The van der Waals surface area contributed by atoms with Crippen molar-refractivity contribution in [2.45, 2.75) is 25.8 Å². The standard InChI is InChI=1S/C22H23ClFN3O2/c1-15-14-17(23)7-10-19(15)29-13-3-4-20(28)26-21(22-25-11-12-27(22)2)16-5-8-18(24)9-6-16/h5-12,14,21H,3-4,13H2,1-2H3,(H,26,28). The summed E-state index contributed by atoms with van der Waals surface area (Å²) in [4.78, 5) is 16.9. The molecule has 1 amide bonds. The quantitative estimate of drug-likeness (QED) is 0.547. The van der Waals surface area contributed by atoms with Gasteiger partial charge in [0.1, 0.15) is 23.4 Å². The molecule has 0 aliphatic rings. The van der Waals surface area contributed by atoms with E-state index < -0.39 is 6.04 Å². The highest BCUT2D eigenvalue weighted by atomic mass is 35.5. The van der Waals surface area contributed by atoms with E-state index in [1.165, 1.54) is 12.1 Å². The first kappa shape index (κ1) is 20.9. The van der Waals surface area contributed by atoms with Gasteiger partial charge in [-0.25, -0.2) is 9.37 Å². The Morgan fingerprint density at radius 3 is 2.69 bits per heavy atom. The number of benzene rings is 2. The van der Waals surface area contributed by atoms with Gasteiger partial charge in [0.15, 0.2) is 0 Å². The number of halogens is 2. The summed E-state index contributed by atoms with van der Waals surface area (Å²) >= 11 is 5.94. The highest BCUT2D eigenvalue weighted by molar-refractivity contribution is 6.30. The molecule has 0 saturated heterocycles. The fourth-order valence-electron chi connectivity index (χ4n) is 3.03. The third kappa shape index (κ3) is 5.57. The molecule has 0 aliphatic heterocycles. The third-order valence-corrected chi connectivity index (χ3v) is 4.80. The highest BCUT2D eigenvalue weighted by Crippen LogP contribution is 2.23. The molecule has 3 aromatic rings. The van der Waals surface area contributed by atoms with Gasteiger partial charge in [0, 0.05) is 30.9 Å². The molecule has 152 valence electrons. The number of imidazole rings is 1. The topological polar surface area (TPSA) is 56.1 Å². The van der Waals surface area contributed by atoms with Crippen molar-refractivity contribution in [2.75, 3.05) is 6.61 Å². The van der Waals surface area contributed by atoms with Crippen LogP contribution in [0.3, 0.4) is 0 Å². The number of aryl methyl sites for hydroxylation is 2. The van der Waals surface area contributed by atoms with E-state index in [9.17, 15) is 9.18 Å². The molecule has 0 aliphatic carbocycles. The van der Waals surface area contributed by atoms with Gasteiger partial charge in [-0.3, -0.25) is 4.79 Å². The van der Waals surface area contributed by atoms with Crippen LogP contribution >= 0.6 is 11.6 Å². The monoisotopic (exact) mass is 415 g/mol. The number of amides is 1. The summed E-state index contributed by atoms with van der Waals surface area (Å²) in [6, 6.07) is 11.0. The van der Waals surface area contributed by atoms with Crippen molar-refractivity contribution in [3.63, 3.8) is 0 Å². The van der Waals surface area contributed by atoms with Crippen LogP contribution < -0.4 is 10.1 Å². The Hall–Kier alpha value is -2.86. The van der Waals surface area contributed by atoms with Crippen molar-refractivity contribution in [1.29, 1.82) is 0 Å². The van der Waals surface area contributed by atoms with Crippen molar-refractivity contribution in [1.82, 2.24) is 14.9 Å². The Kier molecular flexibility index (Phi) is 6.88. The van der Waals surface area contributed by atoms with E-state index >= 15 is 0 Å². The van der Waals surface area contributed by atoms with Crippen LogP contribution in [-0.2, 0) is 11.8 Å². The van der Waals surface area contributed by atoms with Gasteiger partial charge in [0.25, 0.3) is 0 Å².